The van der Waals surface area contributed by atoms with Gasteiger partial charge in [-0.25, -0.2) is 23.1 Å². The largest absolute Gasteiger partial charge is 0.461 e. The number of aliphatic imine (C=N–C) groups is 1. The number of aromatic amines is 1. The number of aliphatic hydroxyl groups is 1. The summed E-state index contributed by atoms with van der Waals surface area (Å²) in [5.41, 5.74) is -0.495. The molecule has 1 saturated heterocycles. The number of benzene rings is 1. The molecule has 3 aromatic rings. The third-order valence-corrected chi connectivity index (χ3v) is 5.65. The number of fused-ring (bicyclic) bond motifs is 1. The predicted molar refractivity (Wildman–Crippen MR) is 116 cm³/mol. The van der Waals surface area contributed by atoms with Crippen molar-refractivity contribution in [1.29, 1.82) is 0 Å². The monoisotopic (exact) mass is 464 g/mol. The third-order valence-electron chi connectivity index (χ3n) is 5.65. The zero-order valence-corrected chi connectivity index (χ0v) is 17.4. The summed E-state index contributed by atoms with van der Waals surface area (Å²) < 4.78 is 59.9. The number of rotatable bonds is 5. The maximum absolute atomic E-state index is 14.8. The SMILES string of the molecule is OCC1(F)CN=C(Nc2cc(F)c(Oc3ccnc4[nH]cc(C5CCOC5)c34)c(F)c2)OC1.[HH]. The average Bonchev–Trinajstić information content (AvgIpc) is 3.48. The molecule has 0 aliphatic carbocycles. The second-order valence-electron chi connectivity index (χ2n) is 8.05. The molecule has 0 bridgehead atoms. The first kappa shape index (κ1) is 21.5. The predicted octanol–water partition coefficient (Wildman–Crippen LogP) is 3.88. The number of nitrogens with one attached hydrogen (secondary N) is 2. The Labute approximate surface area is 187 Å². The first-order valence-electron chi connectivity index (χ1n) is 10.4. The third kappa shape index (κ3) is 4.21. The van der Waals surface area contributed by atoms with Gasteiger partial charge in [-0.1, -0.05) is 0 Å². The van der Waals surface area contributed by atoms with Crippen LogP contribution in [-0.2, 0) is 9.47 Å². The molecule has 2 aliphatic heterocycles. The minimum Gasteiger partial charge on any atom is -0.461 e. The van der Waals surface area contributed by atoms with Crippen molar-refractivity contribution in [2.24, 2.45) is 4.99 Å². The number of nitrogens with zero attached hydrogens (tertiary/aromatic N) is 2. The van der Waals surface area contributed by atoms with Crippen molar-refractivity contribution in [2.45, 2.75) is 18.0 Å². The van der Waals surface area contributed by atoms with Gasteiger partial charge in [0.2, 0.25) is 0 Å². The van der Waals surface area contributed by atoms with E-state index in [-0.39, 0.29) is 31.3 Å². The number of anilines is 1. The van der Waals surface area contributed by atoms with Crippen molar-refractivity contribution >= 4 is 22.7 Å². The molecule has 2 atom stereocenters. The van der Waals surface area contributed by atoms with E-state index < -0.39 is 36.3 Å². The van der Waals surface area contributed by atoms with Gasteiger partial charge in [0.05, 0.1) is 25.1 Å². The number of H-pyrrole nitrogens is 1. The Morgan fingerprint density at radius 3 is 2.82 bits per heavy atom. The van der Waals surface area contributed by atoms with Crippen LogP contribution in [0, 0.1) is 11.6 Å². The van der Waals surface area contributed by atoms with E-state index in [1.165, 1.54) is 6.20 Å². The Balaban J connectivity index is 0.00000274. The number of pyridine rings is 1. The first-order valence-corrected chi connectivity index (χ1v) is 10.4. The number of halogens is 3. The van der Waals surface area contributed by atoms with Gasteiger partial charge in [0.25, 0.3) is 6.02 Å². The van der Waals surface area contributed by atoms with Crippen LogP contribution in [0.1, 0.15) is 19.3 Å². The van der Waals surface area contributed by atoms with Gasteiger partial charge in [-0.2, -0.15) is 0 Å². The quantitative estimate of drug-likeness (QED) is 0.530. The molecule has 1 fully saturated rings. The van der Waals surface area contributed by atoms with Gasteiger partial charge in [-0.05, 0) is 18.1 Å². The molecule has 0 amide bonds. The molecule has 4 heterocycles. The van der Waals surface area contributed by atoms with Crippen LogP contribution in [0.4, 0.5) is 18.9 Å². The number of amidine groups is 1. The topological polar surface area (TPSA) is 101 Å². The molecule has 33 heavy (non-hydrogen) atoms. The van der Waals surface area contributed by atoms with Crippen LogP contribution in [0.3, 0.4) is 0 Å². The van der Waals surface area contributed by atoms with Crippen LogP contribution in [0.15, 0.2) is 35.6 Å². The fraction of sp³-hybridized carbons (Fsp3) is 0.364. The molecular formula is C22H23F3N4O4. The molecule has 11 heteroatoms. The summed E-state index contributed by atoms with van der Waals surface area (Å²) in [6.45, 7) is -0.297. The lowest BCUT2D eigenvalue weighted by Crippen LogP contribution is -2.43. The van der Waals surface area contributed by atoms with Gasteiger partial charge in [0.1, 0.15) is 18.0 Å². The second kappa shape index (κ2) is 8.56. The van der Waals surface area contributed by atoms with Crippen LogP contribution in [0.2, 0.25) is 0 Å². The van der Waals surface area contributed by atoms with E-state index in [9.17, 15) is 13.2 Å². The lowest BCUT2D eigenvalue weighted by molar-refractivity contribution is 0.0181. The Morgan fingerprint density at radius 1 is 1.33 bits per heavy atom. The number of aromatic nitrogens is 2. The Bertz CT molecular complexity index is 1200. The van der Waals surface area contributed by atoms with Crippen molar-refractivity contribution in [1.82, 2.24) is 9.97 Å². The van der Waals surface area contributed by atoms with Crippen molar-refractivity contribution in [3.8, 4) is 11.5 Å². The summed E-state index contributed by atoms with van der Waals surface area (Å²) in [5.74, 6) is -2.06. The number of hydrogen-bond donors (Lipinski definition) is 3. The Morgan fingerprint density at radius 2 is 2.15 bits per heavy atom. The smallest absolute Gasteiger partial charge is 0.289 e. The number of hydrogen-bond acceptors (Lipinski definition) is 7. The highest BCUT2D eigenvalue weighted by atomic mass is 19.1. The summed E-state index contributed by atoms with van der Waals surface area (Å²) in [7, 11) is 0. The molecule has 2 aromatic heterocycles. The van der Waals surface area contributed by atoms with Crippen LogP contribution >= 0.6 is 0 Å². The summed E-state index contributed by atoms with van der Waals surface area (Å²) in [6.07, 6.45) is 4.14. The lowest BCUT2D eigenvalue weighted by atomic mass is 9.98. The fourth-order valence-electron chi connectivity index (χ4n) is 3.87. The van der Waals surface area contributed by atoms with Crippen molar-refractivity contribution in [2.75, 3.05) is 38.3 Å². The van der Waals surface area contributed by atoms with Crippen LogP contribution < -0.4 is 10.1 Å². The van der Waals surface area contributed by atoms with Gasteiger partial charge in [-0.3, -0.25) is 0 Å². The van der Waals surface area contributed by atoms with Crippen LogP contribution in [0.25, 0.3) is 11.0 Å². The van der Waals surface area contributed by atoms with Gasteiger partial charge in [0, 0.05) is 44.2 Å². The molecule has 3 N–H and O–H groups in total. The first-order chi connectivity index (χ1) is 16.0. The van der Waals surface area contributed by atoms with E-state index in [0.29, 0.717) is 24.2 Å². The van der Waals surface area contributed by atoms with E-state index in [2.05, 4.69) is 20.3 Å². The highest BCUT2D eigenvalue weighted by Gasteiger charge is 2.34. The van der Waals surface area contributed by atoms with E-state index in [0.717, 1.165) is 24.1 Å². The molecule has 2 unspecified atom stereocenters. The van der Waals surface area contributed by atoms with Gasteiger partial charge in [0.15, 0.2) is 23.1 Å². The maximum atomic E-state index is 14.8. The van der Waals surface area contributed by atoms with Crippen molar-refractivity contribution < 1.29 is 33.9 Å². The average molecular weight is 464 g/mol. The Hall–Kier alpha value is -3.31. The summed E-state index contributed by atoms with van der Waals surface area (Å²) >= 11 is 0. The fourth-order valence-corrected chi connectivity index (χ4v) is 3.87. The summed E-state index contributed by atoms with van der Waals surface area (Å²) in [6, 6.07) is 3.50. The second-order valence-corrected chi connectivity index (χ2v) is 8.05. The molecule has 2 aliphatic rings. The number of aliphatic hydroxyl groups excluding tert-OH is 1. The van der Waals surface area contributed by atoms with Crippen molar-refractivity contribution in [3.05, 3.63) is 47.8 Å². The van der Waals surface area contributed by atoms with E-state index in [1.54, 1.807) is 6.07 Å². The molecule has 0 spiro atoms. The number of ether oxygens (including phenoxy) is 3. The molecule has 0 saturated carbocycles. The zero-order chi connectivity index (χ0) is 23.0. The standard InChI is InChI=1S/C22H21F3N4O4.H2/c23-15-5-13(29-21-28-9-22(25,10-30)11-32-21)6-16(24)19(15)33-17-1-3-26-20-18(17)14(7-27-20)12-2-4-31-8-12;/h1,3,5-7,12,30H,2,4,8-11H2,(H,26,27)(H,28,29);1H. The van der Waals surface area contributed by atoms with E-state index in [4.69, 9.17) is 19.3 Å². The lowest BCUT2D eigenvalue weighted by Gasteiger charge is -2.26. The molecular weight excluding hydrogens is 441 g/mol. The van der Waals surface area contributed by atoms with Crippen molar-refractivity contribution in [3.63, 3.8) is 0 Å². The molecule has 0 radical (unpaired) electrons. The van der Waals surface area contributed by atoms with Crippen LogP contribution in [-0.4, -0.2) is 59.7 Å². The zero-order valence-electron chi connectivity index (χ0n) is 17.4. The Kier molecular flexibility index (Phi) is 5.59. The summed E-state index contributed by atoms with van der Waals surface area (Å²) in [5, 5.41) is 12.3. The molecule has 1 aromatic carbocycles. The normalized spacial score (nSPS) is 22.8. The van der Waals surface area contributed by atoms with E-state index >= 15 is 0 Å². The highest BCUT2D eigenvalue weighted by Crippen LogP contribution is 2.39. The molecule has 176 valence electrons. The minimum atomic E-state index is -1.98. The maximum Gasteiger partial charge on any atom is 0.289 e. The van der Waals surface area contributed by atoms with Gasteiger partial charge < -0.3 is 29.6 Å². The van der Waals surface area contributed by atoms with Gasteiger partial charge >= 0.3 is 0 Å². The van der Waals surface area contributed by atoms with Gasteiger partial charge in [-0.15, -0.1) is 0 Å². The van der Waals surface area contributed by atoms with E-state index in [1.807, 2.05) is 6.20 Å². The van der Waals surface area contributed by atoms with Crippen LogP contribution in [0.5, 0.6) is 11.5 Å². The highest BCUT2D eigenvalue weighted by molar-refractivity contribution is 5.90. The molecule has 5 rings (SSSR count). The minimum absolute atomic E-state index is 0. The summed E-state index contributed by atoms with van der Waals surface area (Å²) in [4.78, 5) is 11.2. The number of alkyl halides is 1. The molecule has 8 nitrogen and oxygen atoms in total.